The van der Waals surface area contributed by atoms with Crippen molar-refractivity contribution < 1.29 is 4.92 Å². The summed E-state index contributed by atoms with van der Waals surface area (Å²) in [5.74, 6) is 0.815. The standard InChI is InChI=1S/C16H13N5O2/c17-10-11-5-6-14(15(9-11)21(22)23)18-8-7-16-19-12-3-1-2-4-13(12)20-16/h1-6,9,18H,7-8H2,(H,19,20). The molecule has 0 saturated carbocycles. The van der Waals surface area contributed by atoms with E-state index in [0.717, 1.165) is 16.9 Å². The molecule has 0 bridgehead atoms. The smallest absolute Gasteiger partial charge is 0.293 e. The van der Waals surface area contributed by atoms with E-state index in [1.807, 2.05) is 30.3 Å². The Kier molecular flexibility index (Phi) is 3.89. The Balaban J connectivity index is 1.71. The van der Waals surface area contributed by atoms with E-state index in [1.54, 1.807) is 12.1 Å². The average Bonchev–Trinajstić information content (AvgIpc) is 2.97. The number of rotatable bonds is 5. The molecule has 0 atom stereocenters. The summed E-state index contributed by atoms with van der Waals surface area (Å²) in [5, 5.41) is 22.9. The van der Waals surface area contributed by atoms with Crippen molar-refractivity contribution in [2.75, 3.05) is 11.9 Å². The third-order valence-corrected chi connectivity index (χ3v) is 3.44. The molecule has 0 aliphatic rings. The number of benzene rings is 2. The zero-order chi connectivity index (χ0) is 16.2. The number of hydrogen-bond donors (Lipinski definition) is 2. The zero-order valence-corrected chi connectivity index (χ0v) is 12.1. The number of imidazole rings is 1. The van der Waals surface area contributed by atoms with Gasteiger partial charge in [-0.05, 0) is 24.3 Å². The maximum Gasteiger partial charge on any atom is 0.293 e. The number of para-hydroxylation sites is 2. The molecule has 7 heteroatoms. The first-order valence-electron chi connectivity index (χ1n) is 7.03. The monoisotopic (exact) mass is 307 g/mol. The van der Waals surface area contributed by atoms with Crippen molar-refractivity contribution in [3.8, 4) is 6.07 Å². The molecule has 7 nitrogen and oxygen atoms in total. The fraction of sp³-hybridized carbons (Fsp3) is 0.125. The van der Waals surface area contributed by atoms with E-state index in [0.29, 0.717) is 18.7 Å². The van der Waals surface area contributed by atoms with Gasteiger partial charge in [-0.25, -0.2) is 4.98 Å². The first kappa shape index (κ1) is 14.5. The minimum Gasteiger partial charge on any atom is -0.379 e. The van der Waals surface area contributed by atoms with Crippen LogP contribution in [0.5, 0.6) is 0 Å². The number of nitriles is 1. The van der Waals surface area contributed by atoms with Crippen LogP contribution in [-0.4, -0.2) is 21.4 Å². The molecular weight excluding hydrogens is 294 g/mol. The lowest BCUT2D eigenvalue weighted by molar-refractivity contribution is -0.384. The van der Waals surface area contributed by atoms with Gasteiger partial charge in [-0.15, -0.1) is 0 Å². The molecule has 2 N–H and O–H groups in total. The fourth-order valence-corrected chi connectivity index (χ4v) is 2.34. The van der Waals surface area contributed by atoms with Crippen molar-refractivity contribution in [2.24, 2.45) is 0 Å². The molecule has 3 rings (SSSR count). The second kappa shape index (κ2) is 6.15. The maximum atomic E-state index is 11.1. The van der Waals surface area contributed by atoms with Crippen LogP contribution in [0.15, 0.2) is 42.5 Å². The zero-order valence-electron chi connectivity index (χ0n) is 12.1. The van der Waals surface area contributed by atoms with Crippen LogP contribution in [-0.2, 0) is 6.42 Å². The highest BCUT2D eigenvalue weighted by Crippen LogP contribution is 2.25. The van der Waals surface area contributed by atoms with Gasteiger partial charge in [0.15, 0.2) is 0 Å². The van der Waals surface area contributed by atoms with Gasteiger partial charge in [0.05, 0.1) is 27.6 Å². The minimum absolute atomic E-state index is 0.103. The third kappa shape index (κ3) is 3.11. The highest BCUT2D eigenvalue weighted by molar-refractivity contribution is 5.74. The van der Waals surface area contributed by atoms with Crippen molar-refractivity contribution in [3.05, 3.63) is 64.0 Å². The van der Waals surface area contributed by atoms with Gasteiger partial charge in [-0.1, -0.05) is 12.1 Å². The van der Waals surface area contributed by atoms with Gasteiger partial charge in [0.25, 0.3) is 5.69 Å². The number of H-pyrrole nitrogens is 1. The summed E-state index contributed by atoms with van der Waals surface area (Å²) >= 11 is 0. The van der Waals surface area contributed by atoms with Gasteiger partial charge in [0, 0.05) is 19.0 Å². The lowest BCUT2D eigenvalue weighted by atomic mass is 10.2. The summed E-state index contributed by atoms with van der Waals surface area (Å²) in [7, 11) is 0. The Morgan fingerprint density at radius 3 is 2.87 bits per heavy atom. The highest BCUT2D eigenvalue weighted by atomic mass is 16.6. The first-order valence-corrected chi connectivity index (χ1v) is 7.03. The molecule has 1 aromatic heterocycles. The largest absolute Gasteiger partial charge is 0.379 e. The van der Waals surface area contributed by atoms with Crippen molar-refractivity contribution >= 4 is 22.4 Å². The van der Waals surface area contributed by atoms with Crippen molar-refractivity contribution in [3.63, 3.8) is 0 Å². The third-order valence-electron chi connectivity index (χ3n) is 3.44. The van der Waals surface area contributed by atoms with Crippen LogP contribution in [0.1, 0.15) is 11.4 Å². The number of hydrogen-bond acceptors (Lipinski definition) is 5. The molecular formula is C16H13N5O2. The minimum atomic E-state index is -0.496. The molecule has 2 aromatic carbocycles. The Morgan fingerprint density at radius 2 is 2.13 bits per heavy atom. The summed E-state index contributed by atoms with van der Waals surface area (Å²) in [6, 6.07) is 14.0. The van der Waals surface area contributed by atoms with Crippen molar-refractivity contribution in [1.29, 1.82) is 5.26 Å². The highest BCUT2D eigenvalue weighted by Gasteiger charge is 2.14. The normalized spacial score (nSPS) is 10.4. The van der Waals surface area contributed by atoms with E-state index in [2.05, 4.69) is 15.3 Å². The topological polar surface area (TPSA) is 108 Å². The molecule has 0 saturated heterocycles. The molecule has 0 spiro atoms. The number of anilines is 1. The summed E-state index contributed by atoms with van der Waals surface area (Å²) in [4.78, 5) is 18.2. The van der Waals surface area contributed by atoms with Gasteiger partial charge in [0.1, 0.15) is 11.5 Å². The Bertz CT molecular complexity index is 877. The van der Waals surface area contributed by atoms with Crippen molar-refractivity contribution in [2.45, 2.75) is 6.42 Å². The average molecular weight is 307 g/mol. The van der Waals surface area contributed by atoms with Crippen LogP contribution in [0.3, 0.4) is 0 Å². The van der Waals surface area contributed by atoms with Gasteiger partial charge >= 0.3 is 0 Å². The number of nitro benzene ring substituents is 1. The Labute approximate surface area is 131 Å². The number of nitro groups is 1. The van der Waals surface area contributed by atoms with Crippen LogP contribution >= 0.6 is 0 Å². The van der Waals surface area contributed by atoms with Crippen molar-refractivity contribution in [1.82, 2.24) is 9.97 Å². The second-order valence-corrected chi connectivity index (χ2v) is 4.98. The maximum absolute atomic E-state index is 11.1. The summed E-state index contributed by atoms with van der Waals surface area (Å²) < 4.78 is 0. The molecule has 0 unspecified atom stereocenters. The molecule has 3 aromatic rings. The van der Waals surface area contributed by atoms with E-state index in [1.165, 1.54) is 6.07 Å². The summed E-state index contributed by atoms with van der Waals surface area (Å²) in [5.41, 5.74) is 2.41. The lowest BCUT2D eigenvalue weighted by Gasteiger charge is -2.06. The molecule has 0 fully saturated rings. The van der Waals surface area contributed by atoms with Gasteiger partial charge in [-0.2, -0.15) is 5.26 Å². The summed E-state index contributed by atoms with van der Waals surface area (Å²) in [6.07, 6.45) is 0.603. The van der Waals surface area contributed by atoms with Gasteiger partial charge in [-0.3, -0.25) is 10.1 Å². The molecule has 1 heterocycles. The molecule has 0 radical (unpaired) electrons. The first-order chi connectivity index (χ1) is 11.2. The second-order valence-electron chi connectivity index (χ2n) is 4.98. The van der Waals surface area contributed by atoms with E-state index < -0.39 is 4.92 Å². The van der Waals surface area contributed by atoms with Crippen LogP contribution in [0.25, 0.3) is 11.0 Å². The predicted octanol–water partition coefficient (Wildman–Crippen LogP) is 3.00. The number of aromatic nitrogens is 2. The van der Waals surface area contributed by atoms with Gasteiger partial charge in [0.2, 0.25) is 0 Å². The van der Waals surface area contributed by atoms with Crippen LogP contribution in [0.4, 0.5) is 11.4 Å². The Hall–Kier alpha value is -3.40. The fourth-order valence-electron chi connectivity index (χ4n) is 2.34. The molecule has 0 aliphatic carbocycles. The molecule has 114 valence electrons. The molecule has 23 heavy (non-hydrogen) atoms. The summed E-state index contributed by atoms with van der Waals surface area (Å²) in [6.45, 7) is 0.493. The quantitative estimate of drug-likeness (QED) is 0.556. The molecule has 0 amide bonds. The molecule has 0 aliphatic heterocycles. The number of nitrogens with zero attached hydrogens (tertiary/aromatic N) is 3. The van der Waals surface area contributed by atoms with E-state index in [-0.39, 0.29) is 11.3 Å². The van der Waals surface area contributed by atoms with Crippen LogP contribution in [0, 0.1) is 21.4 Å². The predicted molar refractivity (Wildman–Crippen MR) is 86.1 cm³/mol. The lowest BCUT2D eigenvalue weighted by Crippen LogP contribution is -2.08. The van der Waals surface area contributed by atoms with Crippen LogP contribution < -0.4 is 5.32 Å². The van der Waals surface area contributed by atoms with E-state index in [4.69, 9.17) is 5.26 Å². The Morgan fingerprint density at radius 1 is 1.30 bits per heavy atom. The van der Waals surface area contributed by atoms with Gasteiger partial charge < -0.3 is 10.3 Å². The number of fused-ring (bicyclic) bond motifs is 1. The number of nitrogens with one attached hydrogen (secondary N) is 2. The number of aromatic amines is 1. The van der Waals surface area contributed by atoms with E-state index in [9.17, 15) is 10.1 Å². The SMILES string of the molecule is N#Cc1ccc(NCCc2nc3ccccc3[nH]2)c([N+](=O)[O-])c1. The van der Waals surface area contributed by atoms with Crippen LogP contribution in [0.2, 0.25) is 0 Å². The van der Waals surface area contributed by atoms with E-state index >= 15 is 0 Å².